The highest BCUT2D eigenvalue weighted by atomic mass is 16.4. The smallest absolute Gasteiger partial charge is 0.335 e. The quantitative estimate of drug-likeness (QED) is 0.721. The molecule has 0 unspecified atom stereocenters. The molecule has 1 saturated heterocycles. The van der Waals surface area contributed by atoms with Gasteiger partial charge in [-0.25, -0.2) is 9.59 Å². The Labute approximate surface area is 169 Å². The molecule has 152 valence electrons. The Morgan fingerprint density at radius 1 is 1.03 bits per heavy atom. The van der Waals surface area contributed by atoms with Gasteiger partial charge in [-0.05, 0) is 48.6 Å². The third-order valence-electron chi connectivity index (χ3n) is 5.13. The normalized spacial score (nSPS) is 14.3. The van der Waals surface area contributed by atoms with Gasteiger partial charge in [0.05, 0.1) is 16.8 Å². The summed E-state index contributed by atoms with van der Waals surface area (Å²) >= 11 is 0. The summed E-state index contributed by atoms with van der Waals surface area (Å²) in [7, 11) is 0. The van der Waals surface area contributed by atoms with Crippen molar-refractivity contribution in [3.63, 3.8) is 0 Å². The van der Waals surface area contributed by atoms with Crippen molar-refractivity contribution in [2.75, 3.05) is 18.4 Å². The second-order valence-corrected chi connectivity index (χ2v) is 7.33. The van der Waals surface area contributed by atoms with Crippen molar-refractivity contribution in [1.29, 1.82) is 0 Å². The molecule has 7 nitrogen and oxygen atoms in total. The molecule has 3 N–H and O–H groups in total. The molecule has 3 rings (SSSR count). The van der Waals surface area contributed by atoms with Crippen molar-refractivity contribution in [1.82, 2.24) is 10.2 Å². The van der Waals surface area contributed by atoms with Crippen LogP contribution in [0.5, 0.6) is 0 Å². The zero-order valence-electron chi connectivity index (χ0n) is 16.4. The van der Waals surface area contributed by atoms with Gasteiger partial charge in [-0.3, -0.25) is 4.79 Å². The first-order valence-corrected chi connectivity index (χ1v) is 9.69. The molecule has 0 bridgehead atoms. The van der Waals surface area contributed by atoms with Crippen molar-refractivity contribution >= 4 is 23.6 Å². The van der Waals surface area contributed by atoms with Crippen molar-refractivity contribution < 1.29 is 19.5 Å². The Morgan fingerprint density at radius 3 is 2.34 bits per heavy atom. The number of carboxylic acid groups (broad SMARTS) is 1. The first-order valence-electron chi connectivity index (χ1n) is 9.69. The van der Waals surface area contributed by atoms with E-state index in [2.05, 4.69) is 17.6 Å². The number of urea groups is 1. The number of carbonyl (C=O) groups excluding carboxylic acids is 2. The number of anilines is 1. The predicted molar refractivity (Wildman–Crippen MR) is 110 cm³/mol. The minimum absolute atomic E-state index is 0.0722. The zero-order chi connectivity index (χ0) is 20.8. The first kappa shape index (κ1) is 20.4. The van der Waals surface area contributed by atoms with E-state index in [0.717, 1.165) is 31.5 Å². The lowest BCUT2D eigenvalue weighted by molar-refractivity contribution is 0.0688. The van der Waals surface area contributed by atoms with E-state index >= 15 is 0 Å². The number of para-hydroxylation sites is 1. The van der Waals surface area contributed by atoms with Gasteiger partial charge in [0, 0.05) is 19.6 Å². The van der Waals surface area contributed by atoms with Crippen LogP contribution in [0.1, 0.15) is 46.0 Å². The molecule has 1 aliphatic rings. The number of amides is 3. The number of rotatable bonds is 5. The van der Waals surface area contributed by atoms with Gasteiger partial charge in [-0.15, -0.1) is 0 Å². The molecule has 2 aromatic rings. The minimum atomic E-state index is -0.994. The average Bonchev–Trinajstić information content (AvgIpc) is 2.73. The third kappa shape index (κ3) is 5.34. The Bertz CT molecular complexity index is 887. The summed E-state index contributed by atoms with van der Waals surface area (Å²) in [6.45, 7) is 3.89. The molecule has 0 aliphatic carbocycles. The van der Waals surface area contributed by atoms with Gasteiger partial charge in [0.2, 0.25) is 0 Å². The van der Waals surface area contributed by atoms with E-state index in [0.29, 0.717) is 17.2 Å². The maximum atomic E-state index is 12.9. The lowest BCUT2D eigenvalue weighted by atomic mass is 9.98. The summed E-state index contributed by atoms with van der Waals surface area (Å²) in [6.07, 6.45) is 1.98. The van der Waals surface area contributed by atoms with Gasteiger partial charge in [-0.1, -0.05) is 31.2 Å². The van der Waals surface area contributed by atoms with Crippen LogP contribution in [0.15, 0.2) is 48.5 Å². The van der Waals surface area contributed by atoms with Gasteiger partial charge in [0.1, 0.15) is 0 Å². The van der Waals surface area contributed by atoms with Crippen LogP contribution in [0.4, 0.5) is 10.5 Å². The number of hydrogen-bond acceptors (Lipinski definition) is 3. The molecule has 7 heteroatoms. The van der Waals surface area contributed by atoms with Crippen molar-refractivity contribution in [3.8, 4) is 0 Å². The van der Waals surface area contributed by atoms with Crippen molar-refractivity contribution in [2.24, 2.45) is 5.92 Å². The van der Waals surface area contributed by atoms with E-state index in [1.165, 1.54) is 12.1 Å². The molecule has 1 fully saturated rings. The molecule has 2 aromatic carbocycles. The highest BCUT2D eigenvalue weighted by Gasteiger charge is 2.23. The SMILES string of the molecule is CC1CCN(C(=O)c2ccccc2NC(=O)NCc2ccc(C(=O)O)cc2)CC1. The van der Waals surface area contributed by atoms with Gasteiger partial charge in [0.15, 0.2) is 0 Å². The van der Waals surface area contributed by atoms with E-state index in [-0.39, 0.29) is 18.0 Å². The maximum Gasteiger partial charge on any atom is 0.335 e. The Balaban J connectivity index is 1.60. The number of carboxylic acids is 1. The summed E-state index contributed by atoms with van der Waals surface area (Å²) in [6, 6.07) is 12.8. The number of benzene rings is 2. The van der Waals surface area contributed by atoms with Gasteiger partial charge < -0.3 is 20.6 Å². The van der Waals surface area contributed by atoms with Crippen molar-refractivity contribution in [2.45, 2.75) is 26.3 Å². The summed E-state index contributed by atoms with van der Waals surface area (Å²) in [5, 5.41) is 14.4. The molecule has 1 heterocycles. The van der Waals surface area contributed by atoms with Crippen LogP contribution in [-0.4, -0.2) is 41.0 Å². The van der Waals surface area contributed by atoms with Crippen LogP contribution in [0.25, 0.3) is 0 Å². The number of nitrogens with zero attached hydrogens (tertiary/aromatic N) is 1. The zero-order valence-corrected chi connectivity index (χ0v) is 16.4. The summed E-state index contributed by atoms with van der Waals surface area (Å²) in [5.74, 6) is -0.438. The van der Waals surface area contributed by atoms with Crippen LogP contribution in [-0.2, 0) is 6.54 Å². The molecule has 0 atom stereocenters. The Morgan fingerprint density at radius 2 is 1.69 bits per heavy atom. The van der Waals surface area contributed by atoms with E-state index < -0.39 is 12.0 Å². The van der Waals surface area contributed by atoms with Crippen LogP contribution < -0.4 is 10.6 Å². The fraction of sp³-hybridized carbons (Fsp3) is 0.318. The second kappa shape index (κ2) is 9.23. The number of hydrogen-bond donors (Lipinski definition) is 3. The molecule has 1 aliphatic heterocycles. The fourth-order valence-corrected chi connectivity index (χ4v) is 3.27. The van der Waals surface area contributed by atoms with Gasteiger partial charge in [0.25, 0.3) is 5.91 Å². The highest BCUT2D eigenvalue weighted by molar-refractivity contribution is 6.03. The molecular weight excluding hydrogens is 370 g/mol. The van der Waals surface area contributed by atoms with E-state index in [9.17, 15) is 14.4 Å². The Hall–Kier alpha value is -3.35. The van der Waals surface area contributed by atoms with Crippen LogP contribution in [0.3, 0.4) is 0 Å². The summed E-state index contributed by atoms with van der Waals surface area (Å²) in [4.78, 5) is 37.9. The summed E-state index contributed by atoms with van der Waals surface area (Å²) in [5.41, 5.74) is 1.91. The van der Waals surface area contributed by atoms with E-state index in [4.69, 9.17) is 5.11 Å². The molecule has 29 heavy (non-hydrogen) atoms. The number of piperidine rings is 1. The van der Waals surface area contributed by atoms with Crippen LogP contribution in [0.2, 0.25) is 0 Å². The molecule has 3 amide bonds. The summed E-state index contributed by atoms with van der Waals surface area (Å²) < 4.78 is 0. The van der Waals surface area contributed by atoms with Gasteiger partial charge >= 0.3 is 12.0 Å². The molecule has 0 aromatic heterocycles. The monoisotopic (exact) mass is 395 g/mol. The predicted octanol–water partition coefficient (Wildman–Crippen LogP) is 3.58. The van der Waals surface area contributed by atoms with E-state index in [1.807, 2.05) is 4.90 Å². The van der Waals surface area contributed by atoms with Crippen molar-refractivity contribution in [3.05, 3.63) is 65.2 Å². The third-order valence-corrected chi connectivity index (χ3v) is 5.13. The number of likely N-dealkylation sites (tertiary alicyclic amines) is 1. The average molecular weight is 395 g/mol. The van der Waals surface area contributed by atoms with Gasteiger partial charge in [-0.2, -0.15) is 0 Å². The van der Waals surface area contributed by atoms with E-state index in [1.54, 1.807) is 36.4 Å². The molecule has 0 radical (unpaired) electrons. The van der Waals surface area contributed by atoms with Crippen LogP contribution in [0, 0.1) is 5.92 Å². The Kier molecular flexibility index (Phi) is 6.49. The molecular formula is C22H25N3O4. The minimum Gasteiger partial charge on any atom is -0.478 e. The lowest BCUT2D eigenvalue weighted by Crippen LogP contribution is -2.38. The molecule has 0 spiro atoms. The highest BCUT2D eigenvalue weighted by Crippen LogP contribution is 2.22. The number of carbonyl (C=O) groups is 3. The van der Waals surface area contributed by atoms with Crippen LogP contribution >= 0.6 is 0 Å². The second-order valence-electron chi connectivity index (χ2n) is 7.33. The standard InChI is InChI=1S/C22H25N3O4/c1-15-10-12-25(13-11-15)20(26)18-4-2-3-5-19(18)24-22(29)23-14-16-6-8-17(9-7-16)21(27)28/h2-9,15H,10-14H2,1H3,(H,27,28)(H2,23,24,29). The topological polar surface area (TPSA) is 98.7 Å². The maximum absolute atomic E-state index is 12.9. The number of nitrogens with one attached hydrogen (secondary N) is 2. The largest absolute Gasteiger partial charge is 0.478 e. The lowest BCUT2D eigenvalue weighted by Gasteiger charge is -2.30. The first-order chi connectivity index (χ1) is 13.9. The fourth-order valence-electron chi connectivity index (χ4n) is 3.27. The number of aromatic carboxylic acids is 1. The molecule has 0 saturated carbocycles.